The van der Waals surface area contributed by atoms with Gasteiger partial charge in [0.15, 0.2) is 0 Å². The van der Waals surface area contributed by atoms with Crippen molar-refractivity contribution in [1.29, 1.82) is 0 Å². The van der Waals surface area contributed by atoms with Crippen LogP contribution >= 0.6 is 0 Å². The number of benzene rings is 1. The third-order valence-corrected chi connectivity index (χ3v) is 3.24. The summed E-state index contributed by atoms with van der Waals surface area (Å²) in [5.74, 6) is 1.99. The van der Waals surface area contributed by atoms with Crippen molar-refractivity contribution < 1.29 is 14.2 Å². The molecule has 0 saturated carbocycles. The number of rotatable bonds is 11. The van der Waals surface area contributed by atoms with Gasteiger partial charge in [0.25, 0.3) is 0 Å². The maximum absolute atomic E-state index is 5.87. The smallest absolute Gasteiger partial charge is 0.224 e. The van der Waals surface area contributed by atoms with Crippen LogP contribution in [0.15, 0.2) is 36.5 Å². The maximum Gasteiger partial charge on any atom is 0.224 e. The van der Waals surface area contributed by atoms with E-state index in [2.05, 4.69) is 20.6 Å². The summed E-state index contributed by atoms with van der Waals surface area (Å²) in [7, 11) is 3.27. The fourth-order valence-electron chi connectivity index (χ4n) is 2.03. The molecule has 1 aromatic heterocycles. The largest absolute Gasteiger partial charge is 0.491 e. The van der Waals surface area contributed by atoms with Crippen LogP contribution in [-0.4, -0.2) is 56.6 Å². The standard InChI is InChI=1S/C17H25N5O3/c1-23-9-10-25-15-5-3-14(4-6-15)21-16-7-8-19-17(22-16)20-11-13(18)12-24-2/h3-8,13H,9-12,18H2,1-2H3,(H2,19,20,21,22). The third kappa shape index (κ3) is 6.92. The molecule has 8 nitrogen and oxygen atoms in total. The van der Waals surface area contributed by atoms with Crippen LogP contribution in [-0.2, 0) is 9.47 Å². The molecule has 2 aromatic rings. The molecule has 1 unspecified atom stereocenters. The van der Waals surface area contributed by atoms with Crippen LogP contribution in [0.3, 0.4) is 0 Å². The topological polar surface area (TPSA) is 104 Å². The summed E-state index contributed by atoms with van der Waals surface area (Å²) in [6, 6.07) is 9.31. The molecule has 0 bridgehead atoms. The van der Waals surface area contributed by atoms with E-state index in [9.17, 15) is 0 Å². The number of hydrogen-bond donors (Lipinski definition) is 3. The summed E-state index contributed by atoms with van der Waals surface area (Å²) in [4.78, 5) is 8.58. The molecule has 1 atom stereocenters. The number of nitrogens with one attached hydrogen (secondary N) is 2. The Hall–Kier alpha value is -2.42. The van der Waals surface area contributed by atoms with Gasteiger partial charge in [-0.05, 0) is 30.3 Å². The first-order chi connectivity index (χ1) is 12.2. The highest BCUT2D eigenvalue weighted by molar-refractivity contribution is 5.57. The van der Waals surface area contributed by atoms with Gasteiger partial charge in [0, 0.05) is 38.7 Å². The van der Waals surface area contributed by atoms with E-state index in [-0.39, 0.29) is 6.04 Å². The molecule has 25 heavy (non-hydrogen) atoms. The quantitative estimate of drug-likeness (QED) is 0.527. The third-order valence-electron chi connectivity index (χ3n) is 3.24. The molecule has 0 aliphatic heterocycles. The SMILES string of the molecule is COCCOc1ccc(Nc2ccnc(NCC(N)COC)n2)cc1. The van der Waals surface area contributed by atoms with Crippen molar-refractivity contribution in [2.24, 2.45) is 5.73 Å². The normalized spacial score (nSPS) is 11.8. The van der Waals surface area contributed by atoms with Crippen LogP contribution < -0.4 is 21.1 Å². The molecular weight excluding hydrogens is 322 g/mol. The van der Waals surface area contributed by atoms with E-state index in [1.165, 1.54) is 0 Å². The average Bonchev–Trinajstić information content (AvgIpc) is 2.62. The van der Waals surface area contributed by atoms with Crippen molar-refractivity contribution in [3.05, 3.63) is 36.5 Å². The molecule has 136 valence electrons. The second kappa shape index (κ2) is 10.4. The predicted octanol–water partition coefficient (Wildman–Crippen LogP) is 1.63. The van der Waals surface area contributed by atoms with E-state index in [1.54, 1.807) is 26.5 Å². The molecule has 8 heteroatoms. The zero-order valence-corrected chi connectivity index (χ0v) is 14.6. The number of anilines is 3. The van der Waals surface area contributed by atoms with E-state index in [4.69, 9.17) is 19.9 Å². The molecule has 0 aliphatic carbocycles. The van der Waals surface area contributed by atoms with Crippen molar-refractivity contribution in [3.63, 3.8) is 0 Å². The number of aromatic nitrogens is 2. The van der Waals surface area contributed by atoms with Gasteiger partial charge < -0.3 is 30.6 Å². The number of methoxy groups -OCH3 is 2. The molecule has 0 spiro atoms. The van der Waals surface area contributed by atoms with Gasteiger partial charge in [-0.1, -0.05) is 0 Å². The first-order valence-corrected chi connectivity index (χ1v) is 8.01. The molecule has 2 rings (SSSR count). The molecule has 0 saturated heterocycles. The fraction of sp³-hybridized carbons (Fsp3) is 0.412. The molecule has 1 heterocycles. The van der Waals surface area contributed by atoms with Crippen molar-refractivity contribution in [2.45, 2.75) is 6.04 Å². The Labute approximate surface area is 147 Å². The highest BCUT2D eigenvalue weighted by atomic mass is 16.5. The lowest BCUT2D eigenvalue weighted by atomic mass is 10.3. The zero-order chi connectivity index (χ0) is 17.9. The van der Waals surface area contributed by atoms with Crippen LogP contribution in [0.25, 0.3) is 0 Å². The summed E-state index contributed by atoms with van der Waals surface area (Å²) >= 11 is 0. The van der Waals surface area contributed by atoms with Crippen LogP contribution in [0.4, 0.5) is 17.5 Å². The average molecular weight is 347 g/mol. The molecule has 0 amide bonds. The molecule has 0 aliphatic rings. The lowest BCUT2D eigenvalue weighted by Crippen LogP contribution is -2.33. The van der Waals surface area contributed by atoms with Gasteiger partial charge in [-0.3, -0.25) is 0 Å². The van der Waals surface area contributed by atoms with Crippen LogP contribution in [0, 0.1) is 0 Å². The van der Waals surface area contributed by atoms with Gasteiger partial charge in [-0.15, -0.1) is 0 Å². The molecule has 1 aromatic carbocycles. The summed E-state index contributed by atoms with van der Waals surface area (Å²) in [6.45, 7) is 2.09. The van der Waals surface area contributed by atoms with Crippen molar-refractivity contribution in [3.8, 4) is 5.75 Å². The Kier molecular flexibility index (Phi) is 7.90. The summed E-state index contributed by atoms with van der Waals surface area (Å²) < 4.78 is 15.5. The van der Waals surface area contributed by atoms with E-state index < -0.39 is 0 Å². The Balaban J connectivity index is 1.88. The van der Waals surface area contributed by atoms with Crippen LogP contribution in [0.5, 0.6) is 5.75 Å². The Morgan fingerprint density at radius 2 is 1.88 bits per heavy atom. The van der Waals surface area contributed by atoms with Crippen molar-refractivity contribution >= 4 is 17.5 Å². The Bertz CT molecular complexity index is 624. The second-order valence-corrected chi connectivity index (χ2v) is 5.35. The summed E-state index contributed by atoms with van der Waals surface area (Å²) in [5.41, 5.74) is 6.78. The van der Waals surface area contributed by atoms with Crippen LogP contribution in [0.2, 0.25) is 0 Å². The summed E-state index contributed by atoms with van der Waals surface area (Å²) in [5, 5.41) is 6.32. The van der Waals surface area contributed by atoms with Crippen LogP contribution in [0.1, 0.15) is 0 Å². The Morgan fingerprint density at radius 3 is 2.60 bits per heavy atom. The lowest BCUT2D eigenvalue weighted by molar-refractivity contribution is 0.146. The lowest BCUT2D eigenvalue weighted by Gasteiger charge is -2.12. The second-order valence-electron chi connectivity index (χ2n) is 5.35. The minimum atomic E-state index is -0.115. The Morgan fingerprint density at radius 1 is 1.08 bits per heavy atom. The van der Waals surface area contributed by atoms with Gasteiger partial charge in [0.1, 0.15) is 18.2 Å². The monoisotopic (exact) mass is 347 g/mol. The maximum atomic E-state index is 5.87. The first-order valence-electron chi connectivity index (χ1n) is 8.01. The fourth-order valence-corrected chi connectivity index (χ4v) is 2.03. The number of ether oxygens (including phenoxy) is 3. The van der Waals surface area contributed by atoms with Gasteiger partial charge in [-0.2, -0.15) is 4.98 Å². The predicted molar refractivity (Wildman–Crippen MR) is 97.5 cm³/mol. The van der Waals surface area contributed by atoms with Gasteiger partial charge in [0.05, 0.1) is 13.2 Å². The van der Waals surface area contributed by atoms with Crippen molar-refractivity contribution in [1.82, 2.24) is 9.97 Å². The molecule has 0 fully saturated rings. The van der Waals surface area contributed by atoms with Gasteiger partial charge in [-0.25, -0.2) is 4.98 Å². The first kappa shape index (κ1) is 18.9. The highest BCUT2D eigenvalue weighted by Crippen LogP contribution is 2.19. The van der Waals surface area contributed by atoms with E-state index in [0.717, 1.165) is 11.4 Å². The minimum Gasteiger partial charge on any atom is -0.491 e. The molecule has 0 radical (unpaired) electrons. The highest BCUT2D eigenvalue weighted by Gasteiger charge is 2.04. The van der Waals surface area contributed by atoms with E-state index >= 15 is 0 Å². The molecular formula is C17H25N5O3. The summed E-state index contributed by atoms with van der Waals surface area (Å²) in [6.07, 6.45) is 1.68. The number of hydrogen-bond acceptors (Lipinski definition) is 8. The van der Waals surface area contributed by atoms with Gasteiger partial charge in [0.2, 0.25) is 5.95 Å². The number of nitrogens with two attached hydrogens (primary N) is 1. The zero-order valence-electron chi connectivity index (χ0n) is 14.6. The van der Waals surface area contributed by atoms with E-state index in [1.807, 2.05) is 24.3 Å². The van der Waals surface area contributed by atoms with Crippen molar-refractivity contribution in [2.75, 3.05) is 51.2 Å². The van der Waals surface area contributed by atoms with E-state index in [0.29, 0.717) is 38.1 Å². The van der Waals surface area contributed by atoms with Gasteiger partial charge >= 0.3 is 0 Å². The minimum absolute atomic E-state index is 0.115. The molecule has 4 N–H and O–H groups in total. The number of nitrogens with zero attached hydrogens (tertiary/aromatic N) is 2.